The van der Waals surface area contributed by atoms with E-state index in [9.17, 15) is 37.5 Å². The average molecular weight is 570 g/mol. The van der Waals surface area contributed by atoms with Crippen LogP contribution in [0, 0.1) is 5.41 Å². The maximum atomic E-state index is 12.8. The molecule has 40 heavy (non-hydrogen) atoms. The fourth-order valence-electron chi connectivity index (χ4n) is 3.19. The number of nitrogens with two attached hydrogens (primary N) is 1. The molecule has 0 fully saturated rings. The predicted molar refractivity (Wildman–Crippen MR) is 127 cm³/mol. The number of nitrogens with one attached hydrogen (secondary N) is 3. The number of amides is 1. The Morgan fingerprint density at radius 1 is 1.10 bits per heavy atom. The van der Waals surface area contributed by atoms with E-state index in [1.54, 1.807) is 12.1 Å². The Labute approximate surface area is 222 Å². The molecule has 0 saturated carbocycles. The minimum absolute atomic E-state index is 0.0297. The number of alkyl halides is 3. The number of ether oxygens (including phenoxy) is 2. The van der Waals surface area contributed by atoms with Gasteiger partial charge in [-0.1, -0.05) is 6.07 Å². The van der Waals surface area contributed by atoms with E-state index in [-0.39, 0.29) is 41.6 Å². The fraction of sp³-hybridized carbons (Fsp3) is 0.217. The van der Waals surface area contributed by atoms with Crippen LogP contribution in [-0.2, 0) is 20.8 Å². The summed E-state index contributed by atoms with van der Waals surface area (Å²) in [5.41, 5.74) is 6.51. The summed E-state index contributed by atoms with van der Waals surface area (Å²) >= 11 is 0. The Balaban J connectivity index is 0.000000708. The van der Waals surface area contributed by atoms with Crippen molar-refractivity contribution in [2.24, 2.45) is 5.73 Å². The van der Waals surface area contributed by atoms with Gasteiger partial charge in [-0.25, -0.2) is 14.4 Å². The molecule has 0 bridgehead atoms. The average Bonchev–Trinajstić information content (AvgIpc) is 2.89. The van der Waals surface area contributed by atoms with Crippen LogP contribution in [0.15, 0.2) is 36.4 Å². The van der Waals surface area contributed by atoms with E-state index in [4.69, 9.17) is 35.6 Å². The first-order valence-electron chi connectivity index (χ1n) is 10.9. The summed E-state index contributed by atoms with van der Waals surface area (Å²) in [6.07, 6.45) is -5.66. The number of fused-ring (bicyclic) bond motifs is 2. The van der Waals surface area contributed by atoms with Crippen LogP contribution in [0.4, 0.5) is 18.9 Å². The molecule has 1 atom stereocenters. The Morgan fingerprint density at radius 2 is 1.75 bits per heavy atom. The molecule has 0 saturated heterocycles. The van der Waals surface area contributed by atoms with Crippen LogP contribution >= 0.6 is 0 Å². The van der Waals surface area contributed by atoms with Crippen molar-refractivity contribution in [1.29, 1.82) is 5.41 Å². The van der Waals surface area contributed by atoms with E-state index in [1.165, 1.54) is 24.3 Å². The highest BCUT2D eigenvalue weighted by Gasteiger charge is 2.38. The van der Waals surface area contributed by atoms with Gasteiger partial charge in [0, 0.05) is 12.1 Å². The number of esters is 1. The summed E-state index contributed by atoms with van der Waals surface area (Å²) in [6.45, 7) is 0.0297. The lowest BCUT2D eigenvalue weighted by Gasteiger charge is -2.16. The van der Waals surface area contributed by atoms with E-state index in [0.717, 1.165) is 0 Å². The van der Waals surface area contributed by atoms with Crippen LogP contribution in [0.2, 0.25) is 0 Å². The zero-order valence-electron chi connectivity index (χ0n) is 20.1. The zero-order chi connectivity index (χ0) is 30.2. The second kappa shape index (κ2) is 12.9. The maximum absolute atomic E-state index is 12.8. The van der Waals surface area contributed by atoms with Crippen molar-refractivity contribution < 1.29 is 61.9 Å². The SMILES string of the molecule is N=C(N)Nc1ccc2c(c1)CCOc1c(cccc1C(=O)NC(CC(=O)O)C(=O)O)OC2=O.O=C(O)C(F)(F)F. The Morgan fingerprint density at radius 3 is 2.30 bits per heavy atom. The predicted octanol–water partition coefficient (Wildman–Crippen LogP) is 1.44. The van der Waals surface area contributed by atoms with E-state index >= 15 is 0 Å². The summed E-state index contributed by atoms with van der Waals surface area (Å²) < 4.78 is 42.9. The van der Waals surface area contributed by atoms with Crippen LogP contribution < -0.4 is 25.8 Å². The van der Waals surface area contributed by atoms with Crippen LogP contribution in [0.5, 0.6) is 11.5 Å². The lowest BCUT2D eigenvalue weighted by molar-refractivity contribution is -0.192. The number of carboxylic acid groups (broad SMARTS) is 3. The lowest BCUT2D eigenvalue weighted by atomic mass is 10.0. The third-order valence-corrected chi connectivity index (χ3v) is 4.87. The molecule has 0 aliphatic carbocycles. The number of halogens is 3. The summed E-state index contributed by atoms with van der Waals surface area (Å²) in [5.74, 6) is -7.70. The first kappa shape index (κ1) is 30.9. The van der Waals surface area contributed by atoms with Crippen molar-refractivity contribution in [2.45, 2.75) is 25.1 Å². The zero-order valence-corrected chi connectivity index (χ0v) is 20.1. The molecule has 1 unspecified atom stereocenters. The number of aliphatic carboxylic acids is 3. The number of hydrogen-bond donors (Lipinski definition) is 7. The normalized spacial score (nSPS) is 13.0. The number of rotatable bonds is 6. The monoisotopic (exact) mass is 570 g/mol. The summed E-state index contributed by atoms with van der Waals surface area (Å²) in [4.78, 5) is 56.6. The molecule has 17 heteroatoms. The van der Waals surface area contributed by atoms with E-state index in [2.05, 4.69) is 10.6 Å². The summed E-state index contributed by atoms with van der Waals surface area (Å²) in [7, 11) is 0. The molecule has 1 aliphatic rings. The van der Waals surface area contributed by atoms with E-state index in [1.807, 2.05) is 0 Å². The summed E-state index contributed by atoms with van der Waals surface area (Å²) in [6, 6.07) is 7.17. The quantitative estimate of drug-likeness (QED) is 0.113. The molecule has 1 heterocycles. The third-order valence-electron chi connectivity index (χ3n) is 4.87. The molecule has 14 nitrogen and oxygen atoms in total. The number of carboxylic acids is 3. The van der Waals surface area contributed by atoms with Crippen LogP contribution in [0.25, 0.3) is 0 Å². The molecule has 0 aromatic heterocycles. The van der Waals surface area contributed by atoms with Crippen LogP contribution in [-0.4, -0.2) is 69.9 Å². The number of para-hydroxylation sites is 1. The Hall–Kier alpha value is -5.35. The molecule has 1 amide bonds. The molecular weight excluding hydrogens is 549 g/mol. The van der Waals surface area contributed by atoms with Crippen molar-refractivity contribution in [2.75, 3.05) is 11.9 Å². The van der Waals surface area contributed by atoms with Gasteiger partial charge in [0.2, 0.25) is 0 Å². The molecule has 214 valence electrons. The Bertz CT molecular complexity index is 1350. The number of guanidine groups is 1. The van der Waals surface area contributed by atoms with Crippen molar-refractivity contribution in [1.82, 2.24) is 5.32 Å². The highest BCUT2D eigenvalue weighted by Crippen LogP contribution is 2.34. The van der Waals surface area contributed by atoms with Gasteiger partial charge < -0.3 is 41.2 Å². The number of carbonyl (C=O) groups excluding carboxylic acids is 2. The molecule has 0 radical (unpaired) electrons. The number of benzene rings is 2. The number of carbonyl (C=O) groups is 5. The lowest BCUT2D eigenvalue weighted by Crippen LogP contribution is -2.42. The number of hydrogen-bond acceptors (Lipinski definition) is 8. The first-order valence-corrected chi connectivity index (χ1v) is 10.9. The van der Waals surface area contributed by atoms with Crippen molar-refractivity contribution in [3.63, 3.8) is 0 Å². The minimum atomic E-state index is -5.08. The molecular formula is C23H21F3N4O10. The molecule has 0 spiro atoms. The van der Waals surface area contributed by atoms with Crippen molar-refractivity contribution >= 4 is 41.4 Å². The van der Waals surface area contributed by atoms with Gasteiger partial charge in [0.25, 0.3) is 5.91 Å². The maximum Gasteiger partial charge on any atom is 0.490 e. The van der Waals surface area contributed by atoms with Crippen molar-refractivity contribution in [3.8, 4) is 11.5 Å². The van der Waals surface area contributed by atoms with Crippen LogP contribution in [0.3, 0.4) is 0 Å². The molecule has 8 N–H and O–H groups in total. The largest absolute Gasteiger partial charge is 0.490 e. The van der Waals surface area contributed by atoms with Crippen LogP contribution in [0.1, 0.15) is 32.7 Å². The second-order valence-corrected chi connectivity index (χ2v) is 7.80. The van der Waals surface area contributed by atoms with Gasteiger partial charge in [0.15, 0.2) is 17.5 Å². The standard InChI is InChI=1S/C21H20N4O8.C2HF3O2/c22-21(23)24-11-4-5-12-10(8-11)6-7-32-17-13(2-1-3-15(17)33-20(12)31)18(28)25-14(19(29)30)9-16(26)27;3-2(4,5)1(6)7/h1-5,8,14H,6-7,9H2,(H,25,28)(H,26,27)(H,29,30)(H4,22,23,24);(H,6,7). The van der Waals surface area contributed by atoms with Gasteiger partial charge in [-0.2, -0.15) is 13.2 Å². The topological polar surface area (TPSA) is 238 Å². The highest BCUT2D eigenvalue weighted by atomic mass is 19.4. The minimum Gasteiger partial charge on any atom is -0.488 e. The van der Waals surface area contributed by atoms with Gasteiger partial charge in [-0.3, -0.25) is 15.0 Å². The molecule has 2 aromatic rings. The molecule has 1 aliphatic heterocycles. The second-order valence-electron chi connectivity index (χ2n) is 7.80. The van der Waals surface area contributed by atoms with E-state index in [0.29, 0.717) is 11.3 Å². The third kappa shape index (κ3) is 8.61. The van der Waals surface area contributed by atoms with Gasteiger partial charge in [0.1, 0.15) is 6.04 Å². The smallest absolute Gasteiger partial charge is 0.488 e. The van der Waals surface area contributed by atoms with Gasteiger partial charge in [-0.05, 0) is 35.9 Å². The first-order chi connectivity index (χ1) is 18.6. The summed E-state index contributed by atoms with van der Waals surface area (Å²) in [5, 5.41) is 37.3. The molecule has 3 rings (SSSR count). The fourth-order valence-corrected chi connectivity index (χ4v) is 3.19. The Kier molecular flexibility index (Phi) is 9.99. The van der Waals surface area contributed by atoms with Gasteiger partial charge in [-0.15, -0.1) is 0 Å². The highest BCUT2D eigenvalue weighted by molar-refractivity contribution is 6.01. The van der Waals surface area contributed by atoms with E-state index < -0.39 is 48.4 Å². The van der Waals surface area contributed by atoms with Gasteiger partial charge in [0.05, 0.1) is 24.2 Å². The van der Waals surface area contributed by atoms with Gasteiger partial charge >= 0.3 is 30.1 Å². The number of anilines is 1. The molecule has 2 aromatic carbocycles. The van der Waals surface area contributed by atoms with Crippen molar-refractivity contribution in [3.05, 3.63) is 53.1 Å².